The lowest BCUT2D eigenvalue weighted by molar-refractivity contribution is -0.113. The van der Waals surface area contributed by atoms with E-state index in [1.807, 2.05) is 48.5 Å². The molecule has 2 heterocycles. The zero-order valence-corrected chi connectivity index (χ0v) is 17.1. The van der Waals surface area contributed by atoms with Gasteiger partial charge in [-0.1, -0.05) is 23.9 Å². The van der Waals surface area contributed by atoms with Crippen LogP contribution in [0.1, 0.15) is 5.56 Å². The first-order valence-corrected chi connectivity index (χ1v) is 10.2. The molecule has 1 aliphatic rings. The number of hydrogen-bond acceptors (Lipinski definition) is 8. The monoisotopic (exact) mass is 424 g/mol. The van der Waals surface area contributed by atoms with Crippen LogP contribution in [0.25, 0.3) is 0 Å². The summed E-state index contributed by atoms with van der Waals surface area (Å²) in [5.74, 6) is 2.96. The highest BCUT2D eigenvalue weighted by Crippen LogP contribution is 2.32. The Labute approximate surface area is 177 Å². The van der Waals surface area contributed by atoms with Crippen molar-refractivity contribution in [2.24, 2.45) is 0 Å². The summed E-state index contributed by atoms with van der Waals surface area (Å²) < 4.78 is 15.8. The third-order valence-corrected chi connectivity index (χ3v) is 5.18. The van der Waals surface area contributed by atoms with Gasteiger partial charge in [-0.15, -0.1) is 10.2 Å². The maximum absolute atomic E-state index is 12.1. The Hall–Kier alpha value is -3.46. The van der Waals surface area contributed by atoms with Gasteiger partial charge in [0.1, 0.15) is 16.6 Å². The molecule has 8 nitrogen and oxygen atoms in total. The topological polar surface area (TPSA) is 94.6 Å². The van der Waals surface area contributed by atoms with Gasteiger partial charge in [-0.25, -0.2) is 0 Å². The van der Waals surface area contributed by atoms with Gasteiger partial charge in [0.2, 0.25) is 12.7 Å². The fraction of sp³-hybridized carbons (Fsp3) is 0.190. The van der Waals surface area contributed by atoms with Gasteiger partial charge in [-0.2, -0.15) is 0 Å². The molecule has 9 heteroatoms. The molecule has 0 radical (unpaired) electrons. The van der Waals surface area contributed by atoms with E-state index in [4.69, 9.17) is 14.2 Å². The van der Waals surface area contributed by atoms with Crippen LogP contribution in [-0.4, -0.2) is 35.8 Å². The molecule has 3 aromatic rings. The molecule has 0 aliphatic carbocycles. The summed E-state index contributed by atoms with van der Waals surface area (Å²) in [7, 11) is 1.59. The molecule has 0 saturated heterocycles. The minimum absolute atomic E-state index is 0.125. The zero-order valence-electron chi connectivity index (χ0n) is 16.3. The fourth-order valence-corrected chi connectivity index (χ4v) is 3.39. The summed E-state index contributed by atoms with van der Waals surface area (Å²) >= 11 is 1.32. The Morgan fingerprint density at radius 1 is 1.10 bits per heavy atom. The zero-order chi connectivity index (χ0) is 20.8. The Morgan fingerprint density at radius 2 is 2.00 bits per heavy atom. The van der Waals surface area contributed by atoms with Crippen molar-refractivity contribution in [3.05, 3.63) is 60.2 Å². The van der Waals surface area contributed by atoms with Crippen molar-refractivity contribution in [2.45, 2.75) is 11.6 Å². The number of thioether (sulfide) groups is 1. The van der Waals surface area contributed by atoms with Crippen LogP contribution in [0.15, 0.2) is 59.6 Å². The number of fused-ring (bicyclic) bond motifs is 1. The lowest BCUT2D eigenvalue weighted by Gasteiger charge is -2.08. The van der Waals surface area contributed by atoms with Gasteiger partial charge < -0.3 is 24.8 Å². The van der Waals surface area contributed by atoms with Crippen LogP contribution in [-0.2, 0) is 11.3 Å². The summed E-state index contributed by atoms with van der Waals surface area (Å²) in [5, 5.41) is 15.0. The molecule has 1 amide bonds. The van der Waals surface area contributed by atoms with Crippen molar-refractivity contribution in [1.29, 1.82) is 0 Å². The predicted octanol–water partition coefficient (Wildman–Crippen LogP) is 3.56. The molecule has 0 bridgehead atoms. The number of carbonyl (C=O) groups is 1. The molecule has 1 aromatic heterocycles. The van der Waals surface area contributed by atoms with E-state index in [9.17, 15) is 4.79 Å². The van der Waals surface area contributed by atoms with Crippen molar-refractivity contribution < 1.29 is 19.0 Å². The Bertz CT molecular complexity index is 1030. The molecule has 1 aliphatic heterocycles. The van der Waals surface area contributed by atoms with Crippen molar-refractivity contribution in [3.8, 4) is 17.2 Å². The maximum Gasteiger partial charge on any atom is 0.234 e. The molecule has 0 saturated carbocycles. The van der Waals surface area contributed by atoms with E-state index in [2.05, 4.69) is 20.8 Å². The first-order chi connectivity index (χ1) is 14.7. The first kappa shape index (κ1) is 19.8. The summed E-state index contributed by atoms with van der Waals surface area (Å²) in [6.07, 6.45) is 0. The van der Waals surface area contributed by atoms with Crippen LogP contribution < -0.4 is 24.8 Å². The van der Waals surface area contributed by atoms with E-state index in [1.54, 1.807) is 13.2 Å². The highest BCUT2D eigenvalue weighted by molar-refractivity contribution is 7.99. The molecular weight excluding hydrogens is 404 g/mol. The third kappa shape index (κ3) is 5.12. The van der Waals surface area contributed by atoms with Crippen LogP contribution >= 0.6 is 11.8 Å². The van der Waals surface area contributed by atoms with E-state index in [1.165, 1.54) is 11.8 Å². The number of hydrogen-bond donors (Lipinski definition) is 2. The van der Waals surface area contributed by atoms with E-state index in [0.717, 1.165) is 17.1 Å². The molecule has 2 aromatic carbocycles. The predicted molar refractivity (Wildman–Crippen MR) is 114 cm³/mol. The van der Waals surface area contributed by atoms with Crippen molar-refractivity contribution in [2.75, 3.05) is 30.3 Å². The standard InChI is InChI=1S/C21H20N4O4S/c1-27-16-4-2-3-15(10-16)23-20(26)12-30-21-8-7-19(24-25-21)22-11-14-5-6-17-18(9-14)29-13-28-17/h2-10H,11-13H2,1H3,(H,22,24)(H,23,26). The summed E-state index contributed by atoms with van der Waals surface area (Å²) in [6, 6.07) is 16.7. The Morgan fingerprint density at radius 3 is 2.83 bits per heavy atom. The van der Waals surface area contributed by atoms with E-state index in [0.29, 0.717) is 28.8 Å². The molecule has 30 heavy (non-hydrogen) atoms. The number of amides is 1. The van der Waals surface area contributed by atoms with Crippen LogP contribution in [0.2, 0.25) is 0 Å². The highest BCUT2D eigenvalue weighted by atomic mass is 32.2. The molecule has 0 unspecified atom stereocenters. The number of anilines is 2. The largest absolute Gasteiger partial charge is 0.497 e. The minimum atomic E-state index is -0.125. The van der Waals surface area contributed by atoms with E-state index >= 15 is 0 Å². The molecule has 0 spiro atoms. The summed E-state index contributed by atoms with van der Waals surface area (Å²) in [5.41, 5.74) is 1.74. The Balaban J connectivity index is 1.24. The average Bonchev–Trinajstić information content (AvgIpc) is 3.25. The number of benzene rings is 2. The normalized spacial score (nSPS) is 11.8. The number of ether oxygens (including phenoxy) is 3. The number of carbonyl (C=O) groups excluding carboxylic acids is 1. The first-order valence-electron chi connectivity index (χ1n) is 9.22. The summed E-state index contributed by atoms with van der Waals surface area (Å²) in [6.45, 7) is 0.842. The minimum Gasteiger partial charge on any atom is -0.497 e. The van der Waals surface area contributed by atoms with E-state index in [-0.39, 0.29) is 18.5 Å². The Kier molecular flexibility index (Phi) is 6.19. The van der Waals surface area contributed by atoms with Gasteiger partial charge in [-0.05, 0) is 42.0 Å². The van der Waals surface area contributed by atoms with Crippen LogP contribution in [0.5, 0.6) is 17.2 Å². The molecule has 0 fully saturated rings. The van der Waals surface area contributed by atoms with E-state index < -0.39 is 0 Å². The number of rotatable bonds is 8. The van der Waals surface area contributed by atoms with Gasteiger partial charge >= 0.3 is 0 Å². The van der Waals surface area contributed by atoms with Gasteiger partial charge in [0.05, 0.1) is 12.9 Å². The number of aromatic nitrogens is 2. The maximum atomic E-state index is 12.1. The summed E-state index contributed by atoms with van der Waals surface area (Å²) in [4.78, 5) is 12.1. The van der Waals surface area contributed by atoms with Crippen LogP contribution in [0.3, 0.4) is 0 Å². The second-order valence-electron chi connectivity index (χ2n) is 6.37. The SMILES string of the molecule is COc1cccc(NC(=O)CSc2ccc(NCc3ccc4c(c3)OCO4)nn2)c1. The van der Waals surface area contributed by atoms with Gasteiger partial charge in [-0.3, -0.25) is 4.79 Å². The average molecular weight is 424 g/mol. The van der Waals surface area contributed by atoms with Gasteiger partial charge in [0.25, 0.3) is 0 Å². The van der Waals surface area contributed by atoms with Crippen LogP contribution in [0, 0.1) is 0 Å². The molecule has 0 atom stereocenters. The van der Waals surface area contributed by atoms with Crippen LogP contribution in [0.4, 0.5) is 11.5 Å². The van der Waals surface area contributed by atoms with Gasteiger partial charge in [0.15, 0.2) is 11.5 Å². The molecular formula is C21H20N4O4S. The molecule has 154 valence electrons. The lowest BCUT2D eigenvalue weighted by Crippen LogP contribution is -2.14. The highest BCUT2D eigenvalue weighted by Gasteiger charge is 2.13. The van der Waals surface area contributed by atoms with Crippen molar-refractivity contribution in [3.63, 3.8) is 0 Å². The van der Waals surface area contributed by atoms with Gasteiger partial charge in [0, 0.05) is 18.3 Å². The number of nitrogens with zero attached hydrogens (tertiary/aromatic N) is 2. The second-order valence-corrected chi connectivity index (χ2v) is 7.36. The number of methoxy groups -OCH3 is 1. The van der Waals surface area contributed by atoms with Crippen molar-refractivity contribution >= 4 is 29.2 Å². The number of nitrogens with one attached hydrogen (secondary N) is 2. The smallest absolute Gasteiger partial charge is 0.234 e. The van der Waals surface area contributed by atoms with Crippen molar-refractivity contribution in [1.82, 2.24) is 10.2 Å². The molecule has 2 N–H and O–H groups in total. The lowest BCUT2D eigenvalue weighted by atomic mass is 10.2. The fourth-order valence-electron chi connectivity index (χ4n) is 2.77. The quantitative estimate of drug-likeness (QED) is 0.530. The molecule has 4 rings (SSSR count). The second kappa shape index (κ2) is 9.36. The third-order valence-electron chi connectivity index (χ3n) is 4.26.